The van der Waals surface area contributed by atoms with Crippen molar-refractivity contribution in [3.8, 4) is 0 Å². The molecule has 1 aliphatic carbocycles. The SMILES string of the molecule is CC1C(O)CCCC1(O)O. The summed E-state index contributed by atoms with van der Waals surface area (Å²) in [5.41, 5.74) is 0. The summed E-state index contributed by atoms with van der Waals surface area (Å²) in [5, 5.41) is 27.6. The van der Waals surface area contributed by atoms with Crippen LogP contribution in [-0.4, -0.2) is 27.2 Å². The molecule has 0 aliphatic heterocycles. The van der Waals surface area contributed by atoms with E-state index in [9.17, 15) is 15.3 Å². The molecular formula is C7H14O3. The summed E-state index contributed by atoms with van der Waals surface area (Å²) in [4.78, 5) is 0. The molecule has 0 amide bonds. The smallest absolute Gasteiger partial charge is 0.167 e. The second kappa shape index (κ2) is 2.49. The molecular weight excluding hydrogens is 132 g/mol. The highest BCUT2D eigenvalue weighted by molar-refractivity contribution is 4.83. The van der Waals surface area contributed by atoms with Gasteiger partial charge in [-0.1, -0.05) is 6.92 Å². The molecule has 0 saturated heterocycles. The fourth-order valence-electron chi connectivity index (χ4n) is 1.36. The van der Waals surface area contributed by atoms with Gasteiger partial charge in [-0.05, 0) is 12.8 Å². The molecule has 0 radical (unpaired) electrons. The summed E-state index contributed by atoms with van der Waals surface area (Å²) >= 11 is 0. The Balaban J connectivity index is 2.60. The van der Waals surface area contributed by atoms with Crippen molar-refractivity contribution in [3.63, 3.8) is 0 Å². The maximum Gasteiger partial charge on any atom is 0.167 e. The molecule has 1 fully saturated rings. The van der Waals surface area contributed by atoms with Crippen LogP contribution in [0.15, 0.2) is 0 Å². The van der Waals surface area contributed by atoms with Gasteiger partial charge in [0.2, 0.25) is 0 Å². The molecule has 0 aromatic rings. The number of aliphatic hydroxyl groups excluding tert-OH is 1. The minimum atomic E-state index is -1.64. The molecule has 3 nitrogen and oxygen atoms in total. The van der Waals surface area contributed by atoms with E-state index in [2.05, 4.69) is 0 Å². The van der Waals surface area contributed by atoms with Crippen LogP contribution in [0.1, 0.15) is 26.2 Å². The van der Waals surface area contributed by atoms with Crippen molar-refractivity contribution in [2.45, 2.75) is 38.1 Å². The fraction of sp³-hybridized carbons (Fsp3) is 1.00. The van der Waals surface area contributed by atoms with Gasteiger partial charge in [0, 0.05) is 12.3 Å². The van der Waals surface area contributed by atoms with E-state index < -0.39 is 17.8 Å². The summed E-state index contributed by atoms with van der Waals surface area (Å²) < 4.78 is 0. The standard InChI is InChI=1S/C7H14O3/c1-5-6(8)3-2-4-7(5,9)10/h5-6,8-10H,2-4H2,1H3. The maximum atomic E-state index is 9.21. The van der Waals surface area contributed by atoms with Crippen LogP contribution in [-0.2, 0) is 0 Å². The first-order chi connectivity index (χ1) is 4.54. The van der Waals surface area contributed by atoms with Crippen molar-refractivity contribution >= 4 is 0 Å². The largest absolute Gasteiger partial charge is 0.393 e. The van der Waals surface area contributed by atoms with Gasteiger partial charge in [-0.2, -0.15) is 0 Å². The molecule has 60 valence electrons. The Morgan fingerprint density at radius 2 is 2.00 bits per heavy atom. The molecule has 10 heavy (non-hydrogen) atoms. The molecule has 0 bridgehead atoms. The highest BCUT2D eigenvalue weighted by atomic mass is 16.5. The first-order valence-electron chi connectivity index (χ1n) is 3.67. The minimum absolute atomic E-state index is 0.380. The quantitative estimate of drug-likeness (QED) is 0.416. The first-order valence-corrected chi connectivity index (χ1v) is 3.67. The van der Waals surface area contributed by atoms with Crippen LogP contribution in [0.5, 0.6) is 0 Å². The number of aliphatic hydroxyl groups is 3. The number of hydrogen-bond donors (Lipinski definition) is 3. The lowest BCUT2D eigenvalue weighted by Crippen LogP contribution is -2.45. The molecule has 0 aromatic carbocycles. The zero-order chi connectivity index (χ0) is 7.78. The molecule has 1 aliphatic rings. The Morgan fingerprint density at radius 1 is 1.40 bits per heavy atom. The Bertz CT molecular complexity index is 122. The molecule has 0 aromatic heterocycles. The highest BCUT2D eigenvalue weighted by Crippen LogP contribution is 2.31. The average Bonchev–Trinajstić information content (AvgIpc) is 1.83. The monoisotopic (exact) mass is 146 g/mol. The topological polar surface area (TPSA) is 60.7 Å². The lowest BCUT2D eigenvalue weighted by molar-refractivity contribution is -0.235. The van der Waals surface area contributed by atoms with Gasteiger partial charge in [0.15, 0.2) is 5.79 Å². The van der Waals surface area contributed by atoms with E-state index in [-0.39, 0.29) is 0 Å². The molecule has 2 unspecified atom stereocenters. The Hall–Kier alpha value is -0.120. The summed E-state index contributed by atoms with van der Waals surface area (Å²) in [7, 11) is 0. The molecule has 3 heteroatoms. The van der Waals surface area contributed by atoms with Crippen LogP contribution < -0.4 is 0 Å². The summed E-state index contributed by atoms with van der Waals surface area (Å²) in [6.07, 6.45) is 1.21. The van der Waals surface area contributed by atoms with Crippen LogP contribution in [0.25, 0.3) is 0 Å². The maximum absolute atomic E-state index is 9.21. The van der Waals surface area contributed by atoms with Crippen LogP contribution >= 0.6 is 0 Å². The molecule has 3 N–H and O–H groups in total. The van der Waals surface area contributed by atoms with Gasteiger partial charge in [-0.15, -0.1) is 0 Å². The minimum Gasteiger partial charge on any atom is -0.393 e. The molecule has 1 rings (SSSR count). The Kier molecular flexibility index (Phi) is 1.99. The van der Waals surface area contributed by atoms with Crippen molar-refractivity contribution in [1.82, 2.24) is 0 Å². The molecule has 2 atom stereocenters. The van der Waals surface area contributed by atoms with E-state index in [1.54, 1.807) is 6.92 Å². The van der Waals surface area contributed by atoms with Crippen LogP contribution in [0.4, 0.5) is 0 Å². The van der Waals surface area contributed by atoms with E-state index >= 15 is 0 Å². The van der Waals surface area contributed by atoms with Gasteiger partial charge < -0.3 is 15.3 Å². The predicted molar refractivity (Wildman–Crippen MR) is 36.2 cm³/mol. The highest BCUT2D eigenvalue weighted by Gasteiger charge is 2.38. The molecule has 0 heterocycles. The van der Waals surface area contributed by atoms with Crippen molar-refractivity contribution in [3.05, 3.63) is 0 Å². The third-order valence-corrected chi connectivity index (χ3v) is 2.35. The Morgan fingerprint density at radius 3 is 2.40 bits per heavy atom. The van der Waals surface area contributed by atoms with Crippen molar-refractivity contribution in [2.75, 3.05) is 0 Å². The van der Waals surface area contributed by atoms with E-state index in [0.29, 0.717) is 19.3 Å². The summed E-state index contributed by atoms with van der Waals surface area (Å²) in [6, 6.07) is 0. The molecule has 0 spiro atoms. The number of hydrogen-bond acceptors (Lipinski definition) is 3. The van der Waals surface area contributed by atoms with Gasteiger partial charge in [-0.25, -0.2) is 0 Å². The second-order valence-electron chi connectivity index (χ2n) is 3.13. The fourth-order valence-corrected chi connectivity index (χ4v) is 1.36. The summed E-state index contributed by atoms with van der Waals surface area (Å²) in [5.74, 6) is -2.06. The van der Waals surface area contributed by atoms with Gasteiger partial charge >= 0.3 is 0 Å². The number of rotatable bonds is 0. The zero-order valence-electron chi connectivity index (χ0n) is 6.12. The lowest BCUT2D eigenvalue weighted by atomic mass is 9.82. The zero-order valence-corrected chi connectivity index (χ0v) is 6.12. The van der Waals surface area contributed by atoms with Crippen LogP contribution in [0.3, 0.4) is 0 Å². The predicted octanol–water partition coefficient (Wildman–Crippen LogP) is -0.152. The molecule has 1 saturated carbocycles. The van der Waals surface area contributed by atoms with E-state index in [0.717, 1.165) is 0 Å². The summed E-state index contributed by atoms with van der Waals surface area (Å²) in [6.45, 7) is 1.66. The average molecular weight is 146 g/mol. The normalized spacial score (nSPS) is 39.6. The lowest BCUT2D eigenvalue weighted by Gasteiger charge is -2.36. The first kappa shape index (κ1) is 7.98. The van der Waals surface area contributed by atoms with Crippen molar-refractivity contribution < 1.29 is 15.3 Å². The van der Waals surface area contributed by atoms with E-state index in [4.69, 9.17) is 0 Å². The van der Waals surface area contributed by atoms with Crippen LogP contribution in [0.2, 0.25) is 0 Å². The van der Waals surface area contributed by atoms with E-state index in [1.807, 2.05) is 0 Å². The third kappa shape index (κ3) is 1.31. The third-order valence-electron chi connectivity index (χ3n) is 2.35. The van der Waals surface area contributed by atoms with Gasteiger partial charge in [0.05, 0.1) is 6.10 Å². The van der Waals surface area contributed by atoms with Crippen molar-refractivity contribution in [1.29, 1.82) is 0 Å². The van der Waals surface area contributed by atoms with Gasteiger partial charge in [-0.3, -0.25) is 0 Å². The van der Waals surface area contributed by atoms with Crippen molar-refractivity contribution in [2.24, 2.45) is 5.92 Å². The second-order valence-corrected chi connectivity index (χ2v) is 3.13. The van der Waals surface area contributed by atoms with E-state index in [1.165, 1.54) is 0 Å². The van der Waals surface area contributed by atoms with Gasteiger partial charge in [0.1, 0.15) is 0 Å². The Labute approximate surface area is 60.3 Å². The van der Waals surface area contributed by atoms with Crippen LogP contribution in [0, 0.1) is 5.92 Å². The van der Waals surface area contributed by atoms with Gasteiger partial charge in [0.25, 0.3) is 0 Å².